The molecule has 2 heteroatoms. The number of likely N-dealkylation sites (tertiary alicyclic amines) is 1. The van der Waals surface area contributed by atoms with E-state index in [0.717, 1.165) is 17.7 Å². The minimum Gasteiger partial charge on any atom is -0.337 e. The summed E-state index contributed by atoms with van der Waals surface area (Å²) in [7, 11) is 1.80. The van der Waals surface area contributed by atoms with Gasteiger partial charge in [0.15, 0.2) is 0 Å². The monoisotopic (exact) mass is 223 g/mol. The minimum absolute atomic E-state index is 0.0861. The number of hydrogen-bond donors (Lipinski definition) is 0. The first-order chi connectivity index (χ1) is 7.70. The number of allylic oxidation sites excluding steroid dienone is 3. The molecule has 92 valence electrons. The molecule has 1 aliphatic rings. The molecule has 0 bridgehead atoms. The zero-order valence-corrected chi connectivity index (χ0v) is 11.5. The van der Waals surface area contributed by atoms with Gasteiger partial charge in [0, 0.05) is 19.2 Å². The number of hydrogen-bond acceptors (Lipinski definition) is 1. The molecule has 0 N–H and O–H groups in total. The van der Waals surface area contributed by atoms with E-state index in [-0.39, 0.29) is 5.91 Å². The first-order valence-electron chi connectivity index (χ1n) is 5.94. The van der Waals surface area contributed by atoms with Crippen LogP contribution in [0.4, 0.5) is 0 Å². The van der Waals surface area contributed by atoms with Crippen LogP contribution in [0.1, 0.15) is 34.6 Å². The van der Waals surface area contributed by atoms with E-state index >= 15 is 0 Å². The molecule has 0 atom stereocenters. The average Bonchev–Trinajstić information content (AvgIpc) is 2.62. The number of carbonyl (C=O) groups excluding carboxylic acids is 1. The fraction of sp³-hybridized carbons (Fsp3) is 0.500. The van der Waals surface area contributed by atoms with Crippen LogP contribution in [0.2, 0.25) is 0 Å². The Kier molecular flexibility index (Phi) is 10.9. The highest BCUT2D eigenvalue weighted by Gasteiger charge is 2.25. The van der Waals surface area contributed by atoms with Crippen LogP contribution in [0.5, 0.6) is 0 Å². The molecule has 2 nitrogen and oxygen atoms in total. The van der Waals surface area contributed by atoms with Gasteiger partial charge in [0.25, 0.3) is 5.91 Å². The summed E-state index contributed by atoms with van der Waals surface area (Å²) in [6.07, 6.45) is 5.38. The second-order valence-electron chi connectivity index (χ2n) is 2.79. The Balaban J connectivity index is 0. The predicted octanol–water partition coefficient (Wildman–Crippen LogP) is 3.57. The Hall–Kier alpha value is -1.31. The minimum atomic E-state index is 0.0861. The Morgan fingerprint density at radius 1 is 1.25 bits per heavy atom. The molecule has 0 spiro atoms. The molecular formula is C14H25NO. The smallest absolute Gasteiger partial charge is 0.254 e. The van der Waals surface area contributed by atoms with Crippen LogP contribution in [-0.4, -0.2) is 24.4 Å². The van der Waals surface area contributed by atoms with Crippen molar-refractivity contribution in [1.29, 1.82) is 0 Å². The Bertz CT molecular complexity index is 274. The van der Waals surface area contributed by atoms with Crippen molar-refractivity contribution in [2.24, 2.45) is 0 Å². The molecule has 0 radical (unpaired) electrons. The van der Waals surface area contributed by atoms with Crippen LogP contribution >= 0.6 is 0 Å². The molecule has 1 saturated heterocycles. The van der Waals surface area contributed by atoms with Crippen molar-refractivity contribution in [3.63, 3.8) is 0 Å². The van der Waals surface area contributed by atoms with Crippen LogP contribution in [0, 0.1) is 0 Å². The predicted molar refractivity (Wildman–Crippen MR) is 72.4 cm³/mol. The van der Waals surface area contributed by atoms with Gasteiger partial charge >= 0.3 is 0 Å². The summed E-state index contributed by atoms with van der Waals surface area (Å²) in [4.78, 5) is 13.1. The van der Waals surface area contributed by atoms with E-state index in [9.17, 15) is 4.79 Å². The third kappa shape index (κ3) is 4.47. The van der Waals surface area contributed by atoms with Crippen molar-refractivity contribution in [2.75, 3.05) is 13.6 Å². The molecule has 0 unspecified atom stereocenters. The van der Waals surface area contributed by atoms with E-state index in [4.69, 9.17) is 0 Å². The Morgan fingerprint density at radius 2 is 1.75 bits per heavy atom. The highest BCUT2D eigenvalue weighted by Crippen LogP contribution is 2.21. The van der Waals surface area contributed by atoms with Crippen molar-refractivity contribution < 1.29 is 4.79 Å². The Labute approximate surface area is 100 Å². The lowest BCUT2D eigenvalue weighted by molar-refractivity contribution is -0.123. The third-order valence-electron chi connectivity index (χ3n) is 1.96. The number of amides is 1. The molecule has 1 aliphatic heterocycles. The molecular weight excluding hydrogens is 198 g/mol. The molecule has 0 aromatic carbocycles. The van der Waals surface area contributed by atoms with E-state index in [1.165, 1.54) is 0 Å². The van der Waals surface area contributed by atoms with Gasteiger partial charge in [-0.1, -0.05) is 46.4 Å². The van der Waals surface area contributed by atoms with Gasteiger partial charge in [-0.15, -0.1) is 0 Å². The van der Waals surface area contributed by atoms with Crippen molar-refractivity contribution >= 4 is 5.91 Å². The fourth-order valence-electron chi connectivity index (χ4n) is 1.30. The first-order valence-corrected chi connectivity index (χ1v) is 5.94. The summed E-state index contributed by atoms with van der Waals surface area (Å²) in [5.41, 5.74) is 1.86. The standard InChI is InChI=1S/C10H13NO.2C2H6/c1-4-6-9-8(5-2)7-11(3)10(9)12;2*1-2/h4-6H,1,7H2,2-3H3;2*1-2H3/b8-5-,9-6+;;. The maximum Gasteiger partial charge on any atom is 0.254 e. The maximum absolute atomic E-state index is 11.4. The van der Waals surface area contributed by atoms with Gasteiger partial charge in [0.1, 0.15) is 0 Å². The normalized spacial score (nSPS) is 18.9. The van der Waals surface area contributed by atoms with Gasteiger partial charge < -0.3 is 4.90 Å². The average molecular weight is 223 g/mol. The molecule has 0 aromatic rings. The quantitative estimate of drug-likeness (QED) is 0.622. The summed E-state index contributed by atoms with van der Waals surface area (Å²) < 4.78 is 0. The van der Waals surface area contributed by atoms with Crippen molar-refractivity contribution in [1.82, 2.24) is 4.90 Å². The van der Waals surface area contributed by atoms with E-state index in [2.05, 4.69) is 6.58 Å². The Morgan fingerprint density at radius 3 is 2.12 bits per heavy atom. The fourth-order valence-corrected chi connectivity index (χ4v) is 1.30. The largest absolute Gasteiger partial charge is 0.337 e. The lowest BCUT2D eigenvalue weighted by Gasteiger charge is -2.03. The number of likely N-dealkylation sites (N-methyl/N-ethyl adjacent to an activating group) is 1. The second-order valence-corrected chi connectivity index (χ2v) is 2.79. The molecule has 1 amide bonds. The van der Waals surface area contributed by atoms with Gasteiger partial charge in [-0.2, -0.15) is 0 Å². The number of rotatable bonds is 1. The van der Waals surface area contributed by atoms with Gasteiger partial charge in [0.2, 0.25) is 0 Å². The van der Waals surface area contributed by atoms with E-state index < -0.39 is 0 Å². The summed E-state index contributed by atoms with van der Waals surface area (Å²) in [5.74, 6) is 0.0861. The lowest BCUT2D eigenvalue weighted by atomic mass is 10.1. The van der Waals surface area contributed by atoms with Crippen LogP contribution < -0.4 is 0 Å². The van der Waals surface area contributed by atoms with E-state index in [1.54, 1.807) is 24.1 Å². The molecule has 1 rings (SSSR count). The molecule has 0 saturated carbocycles. The molecule has 0 aliphatic carbocycles. The molecule has 1 fully saturated rings. The van der Waals surface area contributed by atoms with Crippen LogP contribution in [-0.2, 0) is 4.79 Å². The van der Waals surface area contributed by atoms with E-state index in [1.807, 2.05) is 40.7 Å². The summed E-state index contributed by atoms with van der Waals surface area (Å²) in [5, 5.41) is 0. The van der Waals surface area contributed by atoms with Crippen molar-refractivity contribution in [3.8, 4) is 0 Å². The van der Waals surface area contributed by atoms with Crippen molar-refractivity contribution in [2.45, 2.75) is 34.6 Å². The lowest BCUT2D eigenvalue weighted by Crippen LogP contribution is -2.18. The molecule has 16 heavy (non-hydrogen) atoms. The van der Waals surface area contributed by atoms with Crippen molar-refractivity contribution in [3.05, 3.63) is 36.0 Å². The number of carbonyl (C=O) groups is 1. The van der Waals surface area contributed by atoms with Gasteiger partial charge in [0.05, 0.1) is 0 Å². The van der Waals surface area contributed by atoms with Gasteiger partial charge in [-0.05, 0) is 18.6 Å². The highest BCUT2D eigenvalue weighted by atomic mass is 16.2. The summed E-state index contributed by atoms with van der Waals surface area (Å²) >= 11 is 0. The highest BCUT2D eigenvalue weighted by molar-refractivity contribution is 6.01. The first kappa shape index (κ1) is 17.1. The molecule has 0 aromatic heterocycles. The zero-order chi connectivity index (χ0) is 13.1. The van der Waals surface area contributed by atoms with E-state index in [0.29, 0.717) is 0 Å². The maximum atomic E-state index is 11.4. The summed E-state index contributed by atoms with van der Waals surface area (Å²) in [6, 6.07) is 0. The van der Waals surface area contributed by atoms with Crippen LogP contribution in [0.15, 0.2) is 36.0 Å². The summed E-state index contributed by atoms with van der Waals surface area (Å²) in [6.45, 7) is 14.2. The van der Waals surface area contributed by atoms with Crippen LogP contribution in [0.25, 0.3) is 0 Å². The van der Waals surface area contributed by atoms with Gasteiger partial charge in [-0.25, -0.2) is 0 Å². The zero-order valence-electron chi connectivity index (χ0n) is 11.5. The SMILES string of the molecule is C=C/C=C1/C(=O)N(C)C/C1=C/C.CC.CC. The van der Waals surface area contributed by atoms with Gasteiger partial charge in [-0.3, -0.25) is 4.79 Å². The molecule has 1 heterocycles. The number of nitrogens with zero attached hydrogens (tertiary/aromatic N) is 1. The topological polar surface area (TPSA) is 20.3 Å². The van der Waals surface area contributed by atoms with Crippen LogP contribution in [0.3, 0.4) is 0 Å². The second kappa shape index (κ2) is 10.2. The third-order valence-corrected chi connectivity index (χ3v) is 1.96.